The zero-order valence-corrected chi connectivity index (χ0v) is 16.2. The predicted octanol–water partition coefficient (Wildman–Crippen LogP) is 2.90. The van der Waals surface area contributed by atoms with Gasteiger partial charge in [0.15, 0.2) is 0 Å². The number of carbonyl (C=O) groups is 2. The number of benzene rings is 1. The number of anilines is 1. The molecule has 4 N–H and O–H groups in total. The monoisotopic (exact) mass is 416 g/mol. The Kier molecular flexibility index (Phi) is 6.78. The number of rotatable bonds is 7. The molecule has 0 spiro atoms. The van der Waals surface area contributed by atoms with Crippen molar-refractivity contribution in [1.29, 1.82) is 0 Å². The number of nitrogens with zero attached hydrogens (tertiary/aromatic N) is 2. The molecule has 0 heterocycles. The largest absolute Gasteiger partial charge is 0.481 e. The minimum absolute atomic E-state index is 0.0725. The molecule has 0 aliphatic heterocycles. The van der Waals surface area contributed by atoms with E-state index in [0.29, 0.717) is 24.4 Å². The van der Waals surface area contributed by atoms with Crippen molar-refractivity contribution in [2.24, 2.45) is 22.9 Å². The number of nitro benzene ring substituents is 1. The van der Waals surface area contributed by atoms with Gasteiger partial charge in [0, 0.05) is 36.4 Å². The first-order valence-electron chi connectivity index (χ1n) is 9.76. The Morgan fingerprint density at radius 3 is 2.67 bits per heavy atom. The van der Waals surface area contributed by atoms with Crippen LogP contribution in [0.3, 0.4) is 0 Å². The molecule has 0 aromatic heterocycles. The number of aliphatic carboxylic acids is 1. The van der Waals surface area contributed by atoms with E-state index >= 15 is 0 Å². The number of amides is 2. The maximum atomic E-state index is 12.0. The number of nitro groups is 1. The number of non-ortho nitro benzene ring substituents is 1. The van der Waals surface area contributed by atoms with Crippen molar-refractivity contribution < 1.29 is 24.7 Å². The highest BCUT2D eigenvalue weighted by atomic mass is 16.6. The maximum absolute atomic E-state index is 12.0. The fourth-order valence-electron chi connectivity index (χ4n) is 4.29. The van der Waals surface area contributed by atoms with Gasteiger partial charge in [0.25, 0.3) is 5.69 Å². The maximum Gasteiger partial charge on any atom is 0.339 e. The first-order valence-corrected chi connectivity index (χ1v) is 9.76. The Labute approximate surface area is 172 Å². The van der Waals surface area contributed by atoms with Crippen molar-refractivity contribution in [1.82, 2.24) is 5.43 Å². The van der Waals surface area contributed by atoms with E-state index in [1.165, 1.54) is 29.8 Å². The number of fused-ring (bicyclic) bond motifs is 1. The lowest BCUT2D eigenvalue weighted by Crippen LogP contribution is -2.27. The van der Waals surface area contributed by atoms with Crippen LogP contribution in [0.1, 0.15) is 32.1 Å². The molecule has 2 amide bonds. The predicted molar refractivity (Wildman–Crippen MR) is 109 cm³/mol. The SMILES string of the molecule is O=C(O)CC/C=C1/C[C@H]2C[C@@H](O)[C@H](/C=N/NC(=O)Nc3ccc([N+](=O)[O-])cc3)[C@H]2C1. The second kappa shape index (κ2) is 9.49. The minimum atomic E-state index is -0.816. The summed E-state index contributed by atoms with van der Waals surface area (Å²) >= 11 is 0. The van der Waals surface area contributed by atoms with Gasteiger partial charge in [0.1, 0.15) is 0 Å². The minimum Gasteiger partial charge on any atom is -0.481 e. The van der Waals surface area contributed by atoms with Gasteiger partial charge in [0.05, 0.1) is 11.0 Å². The van der Waals surface area contributed by atoms with Crippen molar-refractivity contribution in [2.75, 3.05) is 5.32 Å². The van der Waals surface area contributed by atoms with E-state index in [4.69, 9.17) is 5.11 Å². The third kappa shape index (κ3) is 5.41. The molecule has 1 aromatic carbocycles. The highest BCUT2D eigenvalue weighted by Crippen LogP contribution is 2.49. The Morgan fingerprint density at radius 2 is 2.00 bits per heavy atom. The van der Waals surface area contributed by atoms with Crippen molar-refractivity contribution in [3.8, 4) is 0 Å². The Bertz CT molecular complexity index is 867. The number of aliphatic hydroxyl groups excluding tert-OH is 1. The van der Waals surface area contributed by atoms with Gasteiger partial charge in [-0.2, -0.15) is 5.10 Å². The Morgan fingerprint density at radius 1 is 1.27 bits per heavy atom. The summed E-state index contributed by atoms with van der Waals surface area (Å²) in [5.41, 5.74) is 3.89. The molecule has 30 heavy (non-hydrogen) atoms. The molecular weight excluding hydrogens is 392 g/mol. The van der Waals surface area contributed by atoms with Crippen LogP contribution in [0.2, 0.25) is 0 Å². The standard InChI is InChI=1S/C20H24N4O6/c25-18-10-13-8-12(2-1-3-19(26)27)9-16(13)17(18)11-21-23-20(28)22-14-4-6-15(7-5-14)24(29)30/h2,4-7,11,13,16-18,25H,1,3,8-10H2,(H,26,27)(H2,22,23,28)/b12-2-,21-11+/t13-,16-,17+,18+/m0/s1. The average Bonchev–Trinajstić information content (AvgIpc) is 3.19. The second-order valence-electron chi connectivity index (χ2n) is 7.66. The van der Waals surface area contributed by atoms with Crippen molar-refractivity contribution >= 4 is 29.6 Å². The first kappa shape index (κ1) is 21.4. The van der Waals surface area contributed by atoms with Crippen LogP contribution in [0.4, 0.5) is 16.2 Å². The lowest BCUT2D eigenvalue weighted by Gasteiger charge is -2.16. The molecule has 1 aromatic rings. The fraction of sp³-hybridized carbons (Fsp3) is 0.450. The lowest BCUT2D eigenvalue weighted by atomic mass is 9.92. The molecule has 2 aliphatic carbocycles. The quantitative estimate of drug-likeness (QED) is 0.232. The van der Waals surface area contributed by atoms with Gasteiger partial charge in [-0.3, -0.25) is 14.9 Å². The average molecular weight is 416 g/mol. The van der Waals surface area contributed by atoms with Crippen LogP contribution < -0.4 is 10.7 Å². The number of hydrogen-bond donors (Lipinski definition) is 4. The molecule has 2 aliphatic rings. The Hall–Kier alpha value is -3.27. The van der Waals surface area contributed by atoms with Crippen molar-refractivity contribution in [3.63, 3.8) is 0 Å². The molecule has 2 fully saturated rings. The normalized spacial score (nSPS) is 26.6. The highest BCUT2D eigenvalue weighted by Gasteiger charge is 2.45. The molecular formula is C20H24N4O6. The zero-order chi connectivity index (χ0) is 21.7. The third-order valence-electron chi connectivity index (χ3n) is 5.65. The number of hydrazone groups is 1. The fourth-order valence-corrected chi connectivity index (χ4v) is 4.29. The number of carboxylic acids is 1. The third-order valence-corrected chi connectivity index (χ3v) is 5.65. The van der Waals surface area contributed by atoms with E-state index in [-0.39, 0.29) is 23.9 Å². The van der Waals surface area contributed by atoms with E-state index in [0.717, 1.165) is 12.8 Å². The van der Waals surface area contributed by atoms with E-state index in [1.54, 1.807) is 6.21 Å². The van der Waals surface area contributed by atoms with Crippen LogP contribution in [0.15, 0.2) is 41.0 Å². The van der Waals surface area contributed by atoms with Gasteiger partial charge in [-0.25, -0.2) is 10.2 Å². The van der Waals surface area contributed by atoms with Crippen molar-refractivity contribution in [2.45, 2.75) is 38.2 Å². The topological polar surface area (TPSA) is 154 Å². The molecule has 10 heteroatoms. The van der Waals surface area contributed by atoms with E-state index in [9.17, 15) is 24.8 Å². The number of aliphatic hydroxyl groups is 1. The van der Waals surface area contributed by atoms with Gasteiger partial charge >= 0.3 is 12.0 Å². The summed E-state index contributed by atoms with van der Waals surface area (Å²) in [7, 11) is 0. The first-order chi connectivity index (χ1) is 14.3. The molecule has 160 valence electrons. The van der Waals surface area contributed by atoms with Crippen LogP contribution in [-0.2, 0) is 4.79 Å². The van der Waals surface area contributed by atoms with E-state index in [2.05, 4.69) is 15.8 Å². The molecule has 10 nitrogen and oxygen atoms in total. The summed E-state index contributed by atoms with van der Waals surface area (Å²) in [5.74, 6) is -0.440. The molecule has 0 bridgehead atoms. The number of urea groups is 1. The van der Waals surface area contributed by atoms with Crippen LogP contribution in [0.5, 0.6) is 0 Å². The van der Waals surface area contributed by atoms with Gasteiger partial charge in [0.2, 0.25) is 0 Å². The summed E-state index contributed by atoms with van der Waals surface area (Å²) < 4.78 is 0. The van der Waals surface area contributed by atoms with E-state index in [1.807, 2.05) is 6.08 Å². The van der Waals surface area contributed by atoms with Gasteiger partial charge < -0.3 is 15.5 Å². The molecule has 3 rings (SSSR count). The summed E-state index contributed by atoms with van der Waals surface area (Å²) in [6, 6.07) is 4.82. The summed E-state index contributed by atoms with van der Waals surface area (Å²) in [5, 5.41) is 36.2. The van der Waals surface area contributed by atoms with Crippen LogP contribution >= 0.6 is 0 Å². The molecule has 0 unspecified atom stereocenters. The second-order valence-corrected chi connectivity index (χ2v) is 7.66. The molecule has 0 radical (unpaired) electrons. The molecule has 2 saturated carbocycles. The Balaban J connectivity index is 1.50. The number of carboxylic acid groups (broad SMARTS) is 1. The summed E-state index contributed by atoms with van der Waals surface area (Å²) in [6.07, 6.45) is 5.97. The smallest absolute Gasteiger partial charge is 0.339 e. The van der Waals surface area contributed by atoms with Crippen LogP contribution in [0.25, 0.3) is 0 Å². The molecule has 0 saturated heterocycles. The number of nitrogens with one attached hydrogen (secondary N) is 2. The summed E-state index contributed by atoms with van der Waals surface area (Å²) in [6.45, 7) is 0. The number of allylic oxidation sites excluding steroid dienone is 2. The highest BCUT2D eigenvalue weighted by molar-refractivity contribution is 5.89. The van der Waals surface area contributed by atoms with Gasteiger partial charge in [-0.1, -0.05) is 11.6 Å². The number of carbonyl (C=O) groups excluding carboxylic acids is 1. The van der Waals surface area contributed by atoms with E-state index < -0.39 is 23.0 Å². The number of hydrogen-bond acceptors (Lipinski definition) is 6. The molecule has 4 atom stereocenters. The van der Waals surface area contributed by atoms with Gasteiger partial charge in [-0.05, 0) is 49.7 Å². The zero-order valence-electron chi connectivity index (χ0n) is 16.2. The lowest BCUT2D eigenvalue weighted by molar-refractivity contribution is -0.384. The van der Waals surface area contributed by atoms with Crippen molar-refractivity contribution in [3.05, 3.63) is 46.0 Å². The van der Waals surface area contributed by atoms with Crippen LogP contribution in [-0.4, -0.2) is 39.5 Å². The summed E-state index contributed by atoms with van der Waals surface area (Å²) in [4.78, 5) is 32.7. The van der Waals surface area contributed by atoms with Gasteiger partial charge in [-0.15, -0.1) is 0 Å². The van der Waals surface area contributed by atoms with Crippen LogP contribution in [0, 0.1) is 27.9 Å².